The van der Waals surface area contributed by atoms with Gasteiger partial charge in [-0.15, -0.1) is 6.58 Å². The second-order valence-electron chi connectivity index (χ2n) is 6.78. The van der Waals surface area contributed by atoms with Crippen LogP contribution in [-0.2, 0) is 23.9 Å². The van der Waals surface area contributed by atoms with E-state index in [9.17, 15) is 50.1 Å². The fraction of sp³-hybridized carbons (Fsp3) is 0.706. The maximum absolute atomic E-state index is 12.4. The first kappa shape index (κ1) is 26.1. The molecule has 0 radical (unpaired) electrons. The van der Waals surface area contributed by atoms with Crippen LogP contribution in [0.1, 0.15) is 13.3 Å². The Bertz CT molecular complexity index is 630. The maximum atomic E-state index is 12.4. The number of nitrogens with one attached hydrogen (secondary N) is 1. The summed E-state index contributed by atoms with van der Waals surface area (Å²) in [5.41, 5.74) is 0. The number of hydrogen-bond acceptors (Lipinski definition) is 12. The van der Waals surface area contributed by atoms with E-state index in [1.165, 1.54) is 0 Å². The van der Waals surface area contributed by atoms with Crippen molar-refractivity contribution < 1.29 is 59.6 Å². The number of ether oxygens (including phenoxy) is 2. The third-order valence-electron chi connectivity index (χ3n) is 4.54. The predicted molar refractivity (Wildman–Crippen MR) is 95.3 cm³/mol. The van der Waals surface area contributed by atoms with Crippen molar-refractivity contribution >= 4 is 18.2 Å². The Morgan fingerprint density at radius 2 is 1.80 bits per heavy atom. The second-order valence-corrected chi connectivity index (χ2v) is 6.78. The monoisotopic (exact) mass is 437 g/mol. The van der Waals surface area contributed by atoms with E-state index in [1.807, 2.05) is 0 Å². The standard InChI is InChI=1S/C17H27NO12/c1-3-4-17(30-16(28)14(27)12(25)10(23)8(22)5-19)15(18-7(2)21)13(26)11(24)9(6-20)29-17/h3,5,8-15,20,22-27H,1,4,6H2,2H3,(H,18,21)/t8-,9-,10+,11-,12-,13+,14+,15-,17?/m1/s1. The lowest BCUT2D eigenvalue weighted by molar-refractivity contribution is -0.324. The van der Waals surface area contributed by atoms with Crippen LogP contribution in [0, 0.1) is 0 Å². The lowest BCUT2D eigenvalue weighted by Crippen LogP contribution is -2.71. The van der Waals surface area contributed by atoms with Crippen molar-refractivity contribution in [3.05, 3.63) is 12.7 Å². The van der Waals surface area contributed by atoms with E-state index in [4.69, 9.17) is 9.47 Å². The van der Waals surface area contributed by atoms with Gasteiger partial charge in [-0.05, 0) is 0 Å². The summed E-state index contributed by atoms with van der Waals surface area (Å²) >= 11 is 0. The lowest BCUT2D eigenvalue weighted by atomic mass is 9.88. The first-order valence-corrected chi connectivity index (χ1v) is 8.89. The summed E-state index contributed by atoms with van der Waals surface area (Å²) < 4.78 is 10.5. The molecule has 1 unspecified atom stereocenters. The van der Waals surface area contributed by atoms with E-state index in [2.05, 4.69) is 11.9 Å². The largest absolute Gasteiger partial charge is 0.428 e. The zero-order chi connectivity index (χ0) is 23.2. The van der Waals surface area contributed by atoms with Gasteiger partial charge in [0, 0.05) is 13.3 Å². The molecule has 1 heterocycles. The fourth-order valence-electron chi connectivity index (χ4n) is 2.98. The Balaban J connectivity index is 3.25. The van der Waals surface area contributed by atoms with E-state index in [0.29, 0.717) is 0 Å². The molecule has 1 rings (SSSR count). The van der Waals surface area contributed by atoms with Crippen LogP contribution in [0.4, 0.5) is 0 Å². The minimum absolute atomic E-state index is 0.133. The minimum Gasteiger partial charge on any atom is -0.428 e. The number of amides is 1. The zero-order valence-corrected chi connectivity index (χ0v) is 16.1. The Hall–Kier alpha value is -1.97. The molecule has 0 aliphatic carbocycles. The number of hydrogen-bond donors (Lipinski definition) is 8. The third-order valence-corrected chi connectivity index (χ3v) is 4.54. The van der Waals surface area contributed by atoms with Gasteiger partial charge in [-0.1, -0.05) is 6.08 Å². The number of rotatable bonds is 10. The van der Waals surface area contributed by atoms with Crippen LogP contribution in [0.25, 0.3) is 0 Å². The van der Waals surface area contributed by atoms with Crippen molar-refractivity contribution in [2.24, 2.45) is 0 Å². The van der Waals surface area contributed by atoms with Crippen LogP contribution >= 0.6 is 0 Å². The van der Waals surface area contributed by atoms with Gasteiger partial charge in [0.2, 0.25) is 11.7 Å². The smallest absolute Gasteiger partial charge is 0.340 e. The van der Waals surface area contributed by atoms with Gasteiger partial charge in [0.1, 0.15) is 42.7 Å². The van der Waals surface area contributed by atoms with Crippen molar-refractivity contribution in [1.29, 1.82) is 0 Å². The highest BCUT2D eigenvalue weighted by molar-refractivity contribution is 5.76. The fourth-order valence-corrected chi connectivity index (χ4v) is 2.98. The maximum Gasteiger partial charge on any atom is 0.340 e. The highest BCUT2D eigenvalue weighted by Crippen LogP contribution is 2.35. The second kappa shape index (κ2) is 10.9. The first-order chi connectivity index (χ1) is 13.9. The van der Waals surface area contributed by atoms with E-state index >= 15 is 0 Å². The van der Waals surface area contributed by atoms with Crippen molar-refractivity contribution in [2.45, 2.75) is 67.9 Å². The third kappa shape index (κ3) is 5.59. The summed E-state index contributed by atoms with van der Waals surface area (Å²) in [7, 11) is 0. The molecule has 13 nitrogen and oxygen atoms in total. The lowest BCUT2D eigenvalue weighted by Gasteiger charge is -2.49. The van der Waals surface area contributed by atoms with Gasteiger partial charge in [-0.25, -0.2) is 4.79 Å². The van der Waals surface area contributed by atoms with Crippen LogP contribution in [0.2, 0.25) is 0 Å². The van der Waals surface area contributed by atoms with E-state index < -0.39 is 79.5 Å². The molecule has 1 amide bonds. The molecular weight excluding hydrogens is 410 g/mol. The number of aldehydes is 1. The molecular formula is C17H27NO12. The molecule has 30 heavy (non-hydrogen) atoms. The summed E-state index contributed by atoms with van der Waals surface area (Å²) in [5, 5.41) is 70.8. The molecule has 1 aliphatic rings. The van der Waals surface area contributed by atoms with Gasteiger partial charge in [0.25, 0.3) is 0 Å². The Morgan fingerprint density at radius 1 is 1.20 bits per heavy atom. The Morgan fingerprint density at radius 3 is 2.27 bits per heavy atom. The molecule has 1 saturated heterocycles. The molecule has 8 N–H and O–H groups in total. The van der Waals surface area contributed by atoms with Crippen LogP contribution < -0.4 is 5.32 Å². The predicted octanol–water partition coefficient (Wildman–Crippen LogP) is -4.94. The Labute approximate surface area is 171 Å². The Kier molecular flexibility index (Phi) is 9.45. The number of aliphatic hydroxyl groups excluding tert-OH is 7. The molecule has 0 spiro atoms. The number of carbonyl (C=O) groups excluding carboxylic acids is 3. The van der Waals surface area contributed by atoms with E-state index in [1.54, 1.807) is 0 Å². The van der Waals surface area contributed by atoms with Crippen molar-refractivity contribution in [2.75, 3.05) is 6.61 Å². The SMILES string of the molecule is C=CCC1(OC(=O)[C@@H](O)[C@H](O)[C@@H](O)[C@H](O)C=O)O[C@H](CO)[C@@H](O)[C@H](O)[C@H]1NC(C)=O. The average molecular weight is 437 g/mol. The van der Waals surface area contributed by atoms with Gasteiger partial charge in [0.05, 0.1) is 6.61 Å². The van der Waals surface area contributed by atoms with E-state index in [0.717, 1.165) is 13.0 Å². The van der Waals surface area contributed by atoms with Crippen LogP contribution in [-0.4, -0.2) is 115 Å². The molecule has 13 heteroatoms. The molecule has 172 valence electrons. The minimum atomic E-state index is -2.49. The molecule has 0 bridgehead atoms. The van der Waals surface area contributed by atoms with Gasteiger partial charge in [-0.2, -0.15) is 0 Å². The molecule has 0 aromatic rings. The van der Waals surface area contributed by atoms with Gasteiger partial charge in [-0.3, -0.25) is 4.79 Å². The highest BCUT2D eigenvalue weighted by atomic mass is 16.7. The van der Waals surface area contributed by atoms with Crippen LogP contribution in [0.5, 0.6) is 0 Å². The molecule has 0 saturated carbocycles. The topological polar surface area (TPSA) is 223 Å². The van der Waals surface area contributed by atoms with Gasteiger partial charge in [0.15, 0.2) is 12.4 Å². The highest BCUT2D eigenvalue weighted by Gasteiger charge is 2.57. The molecule has 1 fully saturated rings. The quantitative estimate of drug-likeness (QED) is 0.0914. The average Bonchev–Trinajstić information content (AvgIpc) is 2.71. The van der Waals surface area contributed by atoms with Gasteiger partial charge < -0.3 is 55.3 Å². The molecule has 9 atom stereocenters. The van der Waals surface area contributed by atoms with Crippen molar-refractivity contribution in [3.8, 4) is 0 Å². The molecule has 0 aromatic carbocycles. The number of carbonyl (C=O) groups is 3. The number of esters is 1. The molecule has 0 aromatic heterocycles. The van der Waals surface area contributed by atoms with Crippen LogP contribution in [0.15, 0.2) is 12.7 Å². The van der Waals surface area contributed by atoms with E-state index in [-0.39, 0.29) is 6.29 Å². The zero-order valence-electron chi connectivity index (χ0n) is 16.1. The summed E-state index contributed by atoms with van der Waals surface area (Å²) in [4.78, 5) is 34.5. The first-order valence-electron chi connectivity index (χ1n) is 8.89. The summed E-state index contributed by atoms with van der Waals surface area (Å²) in [5.74, 6) is -4.63. The molecule has 1 aliphatic heterocycles. The van der Waals surface area contributed by atoms with Crippen LogP contribution in [0.3, 0.4) is 0 Å². The summed E-state index contributed by atoms with van der Waals surface area (Å²) in [6.45, 7) is 3.68. The van der Waals surface area contributed by atoms with Gasteiger partial charge >= 0.3 is 5.97 Å². The summed E-state index contributed by atoms with van der Waals surface area (Å²) in [6, 6.07) is -1.59. The normalized spacial score (nSPS) is 32.9. The van der Waals surface area contributed by atoms with Crippen molar-refractivity contribution in [1.82, 2.24) is 5.32 Å². The number of aliphatic hydroxyl groups is 7. The summed E-state index contributed by atoms with van der Waals surface area (Å²) in [6.07, 6.45) is -13.5. The van der Waals surface area contributed by atoms with Crippen molar-refractivity contribution in [3.63, 3.8) is 0 Å².